The van der Waals surface area contributed by atoms with Crippen LogP contribution in [0.15, 0.2) is 18.5 Å². The highest BCUT2D eigenvalue weighted by Gasteiger charge is 2.36. The molecule has 4 heterocycles. The van der Waals surface area contributed by atoms with E-state index in [0.717, 1.165) is 45.2 Å². The number of pyridine rings is 1. The molecule has 4 rings (SSSR count). The molecule has 4 nitrogen and oxygen atoms in total. The molecule has 5 heteroatoms. The van der Waals surface area contributed by atoms with E-state index in [0.29, 0.717) is 12.0 Å². The number of carbonyl (C=O) groups excluding carboxylic acids is 1. The molecule has 3 fully saturated rings. The third-order valence-corrected chi connectivity index (χ3v) is 4.63. The van der Waals surface area contributed by atoms with Crippen LogP contribution >= 0.6 is 0 Å². The summed E-state index contributed by atoms with van der Waals surface area (Å²) in [6.07, 6.45) is 6.05. The lowest BCUT2D eigenvalue weighted by molar-refractivity contribution is 0.0733. The van der Waals surface area contributed by atoms with Crippen molar-refractivity contribution >= 4 is 5.91 Å². The van der Waals surface area contributed by atoms with Crippen molar-refractivity contribution in [3.8, 4) is 0 Å². The zero-order valence-electron chi connectivity index (χ0n) is 12.5. The summed E-state index contributed by atoms with van der Waals surface area (Å²) in [7, 11) is 0. The topological polar surface area (TPSA) is 36.4 Å². The van der Waals surface area contributed by atoms with Gasteiger partial charge in [0.15, 0.2) is 5.82 Å². The number of hydrogen-bond donors (Lipinski definition) is 0. The van der Waals surface area contributed by atoms with Gasteiger partial charge in [0.2, 0.25) is 0 Å². The van der Waals surface area contributed by atoms with Crippen LogP contribution in [0.4, 0.5) is 4.39 Å². The monoisotopic (exact) mass is 291 g/mol. The maximum absolute atomic E-state index is 13.8. The van der Waals surface area contributed by atoms with Crippen molar-refractivity contribution in [2.45, 2.75) is 32.2 Å². The fraction of sp³-hybridized carbons (Fsp3) is 0.625. The van der Waals surface area contributed by atoms with Crippen molar-refractivity contribution in [1.82, 2.24) is 14.8 Å². The molecule has 1 aromatic rings. The fourth-order valence-corrected chi connectivity index (χ4v) is 3.62. The molecule has 21 heavy (non-hydrogen) atoms. The molecule has 3 aliphatic heterocycles. The molecule has 1 amide bonds. The van der Waals surface area contributed by atoms with E-state index >= 15 is 0 Å². The first-order chi connectivity index (χ1) is 10.2. The molecular weight excluding hydrogens is 269 g/mol. The maximum Gasteiger partial charge on any atom is 0.257 e. The molecule has 2 bridgehead atoms. The van der Waals surface area contributed by atoms with Crippen molar-refractivity contribution in [1.29, 1.82) is 0 Å². The van der Waals surface area contributed by atoms with Gasteiger partial charge < -0.3 is 4.90 Å². The fourth-order valence-electron chi connectivity index (χ4n) is 3.62. The third-order valence-electron chi connectivity index (χ3n) is 4.63. The molecule has 0 saturated carbocycles. The number of aromatic nitrogens is 1. The van der Waals surface area contributed by atoms with Crippen LogP contribution < -0.4 is 0 Å². The average Bonchev–Trinajstić information content (AvgIpc) is 2.79. The standard InChI is InChI=1S/C16H22FN3O/c1-2-7-19-9-12-3-4-13(19)11-20(10-12)16(21)14-5-6-18-8-15(14)17/h5-6,8,12-13H,2-4,7,9-11H2,1H3/t12-,13-/m0/s1. The summed E-state index contributed by atoms with van der Waals surface area (Å²) in [6.45, 7) is 5.82. The van der Waals surface area contributed by atoms with Crippen LogP contribution in [0.3, 0.4) is 0 Å². The quantitative estimate of drug-likeness (QED) is 0.856. The summed E-state index contributed by atoms with van der Waals surface area (Å²) in [6, 6.07) is 1.91. The van der Waals surface area contributed by atoms with Crippen LogP contribution in [0.1, 0.15) is 36.5 Å². The number of piperidine rings is 1. The zero-order chi connectivity index (χ0) is 14.8. The molecule has 0 aromatic carbocycles. The second kappa shape index (κ2) is 6.10. The first kappa shape index (κ1) is 14.4. The molecule has 0 radical (unpaired) electrons. The third kappa shape index (κ3) is 2.93. The Morgan fingerprint density at radius 1 is 1.38 bits per heavy atom. The maximum atomic E-state index is 13.8. The van der Waals surface area contributed by atoms with Gasteiger partial charge in [-0.15, -0.1) is 0 Å². The lowest BCUT2D eigenvalue weighted by Gasteiger charge is -2.35. The molecule has 3 saturated heterocycles. The van der Waals surface area contributed by atoms with Crippen molar-refractivity contribution < 1.29 is 9.18 Å². The highest BCUT2D eigenvalue weighted by atomic mass is 19.1. The predicted molar refractivity (Wildman–Crippen MR) is 78.5 cm³/mol. The van der Waals surface area contributed by atoms with E-state index in [9.17, 15) is 9.18 Å². The largest absolute Gasteiger partial charge is 0.337 e. The van der Waals surface area contributed by atoms with Crippen molar-refractivity contribution in [2.24, 2.45) is 5.92 Å². The van der Waals surface area contributed by atoms with Gasteiger partial charge in [-0.2, -0.15) is 0 Å². The number of nitrogens with zero attached hydrogens (tertiary/aromatic N) is 3. The smallest absolute Gasteiger partial charge is 0.257 e. The van der Waals surface area contributed by atoms with E-state index < -0.39 is 5.82 Å². The summed E-state index contributed by atoms with van der Waals surface area (Å²) in [5.74, 6) is -0.196. The van der Waals surface area contributed by atoms with E-state index in [4.69, 9.17) is 0 Å². The van der Waals surface area contributed by atoms with Crippen molar-refractivity contribution in [3.05, 3.63) is 29.8 Å². The highest BCUT2D eigenvalue weighted by molar-refractivity contribution is 5.94. The molecule has 114 valence electrons. The SMILES string of the molecule is CCCN1C[C@@H]2CC[C@H]1CN(C(=O)c1ccncc1F)C2. The highest BCUT2D eigenvalue weighted by Crippen LogP contribution is 2.29. The molecule has 3 aliphatic rings. The van der Waals surface area contributed by atoms with Crippen molar-refractivity contribution in [3.63, 3.8) is 0 Å². The van der Waals surface area contributed by atoms with E-state index in [-0.39, 0.29) is 11.5 Å². The molecular formula is C16H22FN3O. The summed E-state index contributed by atoms with van der Waals surface area (Å²) >= 11 is 0. The Labute approximate surface area is 125 Å². The van der Waals surface area contributed by atoms with Gasteiger partial charge in [-0.05, 0) is 37.8 Å². The lowest BCUT2D eigenvalue weighted by atomic mass is 9.95. The Morgan fingerprint density at radius 2 is 2.24 bits per heavy atom. The second-order valence-corrected chi connectivity index (χ2v) is 6.16. The van der Waals surface area contributed by atoms with E-state index in [1.807, 2.05) is 4.90 Å². The first-order valence-electron chi connectivity index (χ1n) is 7.82. The molecule has 0 spiro atoms. The van der Waals surface area contributed by atoms with Gasteiger partial charge in [-0.1, -0.05) is 6.92 Å². The normalized spacial score (nSPS) is 25.9. The number of carbonyl (C=O) groups is 1. The zero-order valence-corrected chi connectivity index (χ0v) is 12.5. The van der Waals surface area contributed by atoms with Gasteiger partial charge in [0, 0.05) is 31.9 Å². The van der Waals surface area contributed by atoms with Crippen LogP contribution in [-0.4, -0.2) is 52.9 Å². The van der Waals surface area contributed by atoms with Gasteiger partial charge in [0.25, 0.3) is 5.91 Å². The average molecular weight is 291 g/mol. The molecule has 0 aliphatic carbocycles. The van der Waals surface area contributed by atoms with Gasteiger partial charge in [0.05, 0.1) is 11.8 Å². The number of hydrogen-bond acceptors (Lipinski definition) is 3. The van der Waals surface area contributed by atoms with Crippen LogP contribution in [0.25, 0.3) is 0 Å². The number of fused-ring (bicyclic) bond motifs is 4. The van der Waals surface area contributed by atoms with E-state index in [2.05, 4.69) is 16.8 Å². The number of amides is 1. The predicted octanol–water partition coefficient (Wildman–Crippen LogP) is 2.17. The Balaban J connectivity index is 1.78. The van der Waals surface area contributed by atoms with Crippen molar-refractivity contribution in [2.75, 3.05) is 26.2 Å². The minimum Gasteiger partial charge on any atom is -0.337 e. The van der Waals surface area contributed by atoms with Crippen LogP contribution in [0.2, 0.25) is 0 Å². The minimum absolute atomic E-state index is 0.147. The molecule has 1 aromatic heterocycles. The van der Waals surface area contributed by atoms with Crippen LogP contribution in [0.5, 0.6) is 0 Å². The summed E-state index contributed by atoms with van der Waals surface area (Å²) in [5.41, 5.74) is 0.147. The van der Waals surface area contributed by atoms with Gasteiger partial charge in [-0.3, -0.25) is 14.7 Å². The first-order valence-corrected chi connectivity index (χ1v) is 7.82. The molecule has 0 N–H and O–H groups in total. The second-order valence-electron chi connectivity index (χ2n) is 6.16. The molecule has 2 atom stereocenters. The van der Waals surface area contributed by atoms with Gasteiger partial charge >= 0.3 is 0 Å². The molecule has 0 unspecified atom stereocenters. The van der Waals surface area contributed by atoms with E-state index in [1.165, 1.54) is 18.7 Å². The Morgan fingerprint density at radius 3 is 3.00 bits per heavy atom. The lowest BCUT2D eigenvalue weighted by Crippen LogP contribution is -2.44. The Hall–Kier alpha value is -1.49. The Bertz CT molecular complexity index is 522. The summed E-state index contributed by atoms with van der Waals surface area (Å²) < 4.78 is 13.8. The summed E-state index contributed by atoms with van der Waals surface area (Å²) in [4.78, 5) is 20.7. The van der Waals surface area contributed by atoms with Gasteiger partial charge in [-0.25, -0.2) is 4.39 Å². The van der Waals surface area contributed by atoms with Crippen LogP contribution in [-0.2, 0) is 0 Å². The number of halogens is 1. The van der Waals surface area contributed by atoms with Gasteiger partial charge in [0.1, 0.15) is 0 Å². The Kier molecular flexibility index (Phi) is 4.19. The summed E-state index contributed by atoms with van der Waals surface area (Å²) in [5, 5.41) is 0. The van der Waals surface area contributed by atoms with E-state index in [1.54, 1.807) is 0 Å². The minimum atomic E-state index is -0.524. The van der Waals surface area contributed by atoms with Crippen LogP contribution in [0, 0.1) is 11.7 Å². The number of rotatable bonds is 3.